The van der Waals surface area contributed by atoms with Crippen LogP contribution in [-0.4, -0.2) is 4.57 Å². The van der Waals surface area contributed by atoms with Crippen molar-refractivity contribution < 1.29 is 0 Å². The van der Waals surface area contributed by atoms with Gasteiger partial charge in [-0.2, -0.15) is 5.26 Å². The van der Waals surface area contributed by atoms with Crippen molar-refractivity contribution in [2.24, 2.45) is 0 Å². The Labute approximate surface area is 126 Å². The summed E-state index contributed by atoms with van der Waals surface area (Å²) < 4.78 is 2.05. The number of benzene rings is 2. The molecule has 98 valence electrons. The summed E-state index contributed by atoms with van der Waals surface area (Å²) in [6, 6.07) is 15.7. The second kappa shape index (κ2) is 5.20. The van der Waals surface area contributed by atoms with E-state index in [9.17, 15) is 5.26 Å². The third-order valence-electron chi connectivity index (χ3n) is 3.25. The molecule has 2 aromatic carbocycles. The largest absolute Gasteiger partial charge is 0.342 e. The topological polar surface area (TPSA) is 28.7 Å². The van der Waals surface area contributed by atoms with Gasteiger partial charge >= 0.3 is 0 Å². The first-order valence-corrected chi connectivity index (χ1v) is 6.86. The monoisotopic (exact) mass is 300 g/mol. The highest BCUT2D eigenvalue weighted by molar-refractivity contribution is 6.42. The van der Waals surface area contributed by atoms with Crippen LogP contribution in [0.3, 0.4) is 0 Å². The minimum Gasteiger partial charge on any atom is -0.342 e. The molecule has 0 saturated carbocycles. The van der Waals surface area contributed by atoms with E-state index in [2.05, 4.69) is 6.07 Å². The van der Waals surface area contributed by atoms with Gasteiger partial charge in [-0.15, -0.1) is 0 Å². The van der Waals surface area contributed by atoms with Gasteiger partial charge < -0.3 is 4.57 Å². The lowest BCUT2D eigenvalue weighted by molar-refractivity contribution is 0.836. The van der Waals surface area contributed by atoms with Gasteiger partial charge in [0.05, 0.1) is 15.6 Å². The molecule has 20 heavy (non-hydrogen) atoms. The Balaban J connectivity index is 2.07. The summed E-state index contributed by atoms with van der Waals surface area (Å²) in [4.78, 5) is 0. The molecule has 0 radical (unpaired) electrons. The zero-order chi connectivity index (χ0) is 14.1. The number of rotatable bonds is 2. The zero-order valence-corrected chi connectivity index (χ0v) is 12.0. The maximum absolute atomic E-state index is 9.19. The fourth-order valence-electron chi connectivity index (χ4n) is 2.30. The van der Waals surface area contributed by atoms with E-state index < -0.39 is 0 Å². The number of para-hydroxylation sites is 1. The summed E-state index contributed by atoms with van der Waals surface area (Å²) >= 11 is 12.0. The summed E-state index contributed by atoms with van der Waals surface area (Å²) in [5, 5.41) is 11.3. The van der Waals surface area contributed by atoms with Gasteiger partial charge in [0.1, 0.15) is 6.07 Å². The Hall–Kier alpha value is -1.95. The third-order valence-corrected chi connectivity index (χ3v) is 3.98. The Morgan fingerprint density at radius 2 is 1.85 bits per heavy atom. The van der Waals surface area contributed by atoms with Crippen LogP contribution in [-0.2, 0) is 6.54 Å². The summed E-state index contributed by atoms with van der Waals surface area (Å²) in [7, 11) is 0. The number of nitriles is 1. The molecule has 0 spiro atoms. The first kappa shape index (κ1) is 13.1. The molecule has 0 atom stereocenters. The van der Waals surface area contributed by atoms with Gasteiger partial charge in [-0.25, -0.2) is 0 Å². The zero-order valence-electron chi connectivity index (χ0n) is 10.5. The first-order chi connectivity index (χ1) is 9.69. The highest BCUT2D eigenvalue weighted by atomic mass is 35.5. The Kier molecular flexibility index (Phi) is 3.40. The standard InChI is InChI=1S/C16H10Cl2N2/c17-14-6-5-11(7-15(14)18)9-20-10-12(8-19)13-3-1-2-4-16(13)20/h1-7,10H,9H2. The van der Waals surface area contributed by atoms with E-state index in [1.165, 1.54) is 0 Å². The molecular formula is C16H10Cl2N2. The van der Waals surface area contributed by atoms with Gasteiger partial charge in [-0.05, 0) is 23.8 Å². The van der Waals surface area contributed by atoms with Crippen molar-refractivity contribution in [2.75, 3.05) is 0 Å². The van der Waals surface area contributed by atoms with E-state index in [1.54, 1.807) is 6.07 Å². The number of nitrogens with zero attached hydrogens (tertiary/aromatic N) is 2. The van der Waals surface area contributed by atoms with Crippen LogP contribution in [0.2, 0.25) is 10.0 Å². The van der Waals surface area contributed by atoms with Gasteiger partial charge in [0.2, 0.25) is 0 Å². The predicted molar refractivity (Wildman–Crippen MR) is 82.2 cm³/mol. The molecule has 4 heteroatoms. The molecule has 3 aromatic rings. The Morgan fingerprint density at radius 1 is 1.05 bits per heavy atom. The van der Waals surface area contributed by atoms with Crippen molar-refractivity contribution >= 4 is 34.1 Å². The maximum Gasteiger partial charge on any atom is 0.101 e. The average molecular weight is 301 g/mol. The van der Waals surface area contributed by atoms with Gasteiger partial charge in [-0.1, -0.05) is 47.5 Å². The van der Waals surface area contributed by atoms with Crippen LogP contribution in [0.1, 0.15) is 11.1 Å². The fraction of sp³-hybridized carbons (Fsp3) is 0.0625. The molecule has 3 rings (SSSR count). The summed E-state index contributed by atoms with van der Waals surface area (Å²) in [6.45, 7) is 0.652. The van der Waals surface area contributed by atoms with Gasteiger partial charge in [-0.3, -0.25) is 0 Å². The Morgan fingerprint density at radius 3 is 2.60 bits per heavy atom. The second-order valence-corrected chi connectivity index (χ2v) is 5.36. The molecule has 0 aliphatic heterocycles. The van der Waals surface area contributed by atoms with Crippen LogP contribution in [0.4, 0.5) is 0 Å². The van der Waals surface area contributed by atoms with E-state index in [1.807, 2.05) is 47.2 Å². The van der Waals surface area contributed by atoms with Crippen molar-refractivity contribution in [3.8, 4) is 6.07 Å². The number of hydrogen-bond donors (Lipinski definition) is 0. The maximum atomic E-state index is 9.19. The lowest BCUT2D eigenvalue weighted by Gasteiger charge is -2.06. The molecule has 1 heterocycles. The van der Waals surface area contributed by atoms with Crippen LogP contribution < -0.4 is 0 Å². The van der Waals surface area contributed by atoms with Crippen LogP contribution in [0, 0.1) is 11.3 Å². The average Bonchev–Trinajstić information content (AvgIpc) is 2.81. The summed E-state index contributed by atoms with van der Waals surface area (Å²) in [6.07, 6.45) is 1.87. The molecule has 0 aliphatic rings. The summed E-state index contributed by atoms with van der Waals surface area (Å²) in [5.74, 6) is 0. The van der Waals surface area contributed by atoms with Crippen LogP contribution in [0.5, 0.6) is 0 Å². The molecule has 1 aromatic heterocycles. The van der Waals surface area contributed by atoms with Crippen molar-refractivity contribution in [2.45, 2.75) is 6.54 Å². The van der Waals surface area contributed by atoms with E-state index >= 15 is 0 Å². The molecule has 0 unspecified atom stereocenters. The molecule has 0 aliphatic carbocycles. The Bertz CT molecular complexity index is 828. The molecule has 0 saturated heterocycles. The lowest BCUT2D eigenvalue weighted by atomic mass is 10.2. The molecule has 0 amide bonds. The smallest absolute Gasteiger partial charge is 0.101 e. The molecule has 2 nitrogen and oxygen atoms in total. The minimum absolute atomic E-state index is 0.543. The first-order valence-electron chi connectivity index (χ1n) is 6.11. The number of halogens is 2. The molecule has 0 bridgehead atoms. The fourth-order valence-corrected chi connectivity index (χ4v) is 2.62. The second-order valence-electron chi connectivity index (χ2n) is 4.55. The van der Waals surface area contributed by atoms with Crippen LogP contribution in [0.15, 0.2) is 48.7 Å². The van der Waals surface area contributed by atoms with E-state index in [0.717, 1.165) is 16.5 Å². The van der Waals surface area contributed by atoms with E-state index in [0.29, 0.717) is 22.2 Å². The van der Waals surface area contributed by atoms with Gasteiger partial charge in [0, 0.05) is 23.6 Å². The van der Waals surface area contributed by atoms with Crippen molar-refractivity contribution in [3.05, 3.63) is 69.8 Å². The predicted octanol–water partition coefficient (Wildman–Crippen LogP) is 4.87. The summed E-state index contributed by atoms with van der Waals surface area (Å²) in [5.41, 5.74) is 2.76. The molecule has 0 N–H and O–H groups in total. The van der Waals surface area contributed by atoms with Gasteiger partial charge in [0.15, 0.2) is 0 Å². The van der Waals surface area contributed by atoms with Crippen LogP contribution in [0.25, 0.3) is 10.9 Å². The van der Waals surface area contributed by atoms with E-state index in [-0.39, 0.29) is 0 Å². The highest BCUT2D eigenvalue weighted by Crippen LogP contribution is 2.25. The van der Waals surface area contributed by atoms with Crippen molar-refractivity contribution in [1.29, 1.82) is 5.26 Å². The number of aromatic nitrogens is 1. The van der Waals surface area contributed by atoms with Crippen molar-refractivity contribution in [3.63, 3.8) is 0 Å². The number of fused-ring (bicyclic) bond motifs is 1. The van der Waals surface area contributed by atoms with Crippen molar-refractivity contribution in [1.82, 2.24) is 4.57 Å². The number of hydrogen-bond acceptors (Lipinski definition) is 1. The highest BCUT2D eigenvalue weighted by Gasteiger charge is 2.08. The quantitative estimate of drug-likeness (QED) is 0.664. The lowest BCUT2D eigenvalue weighted by Crippen LogP contribution is -1.97. The molecular weight excluding hydrogens is 291 g/mol. The molecule has 0 fully saturated rings. The normalized spacial score (nSPS) is 10.7. The minimum atomic E-state index is 0.543. The van der Waals surface area contributed by atoms with Gasteiger partial charge in [0.25, 0.3) is 0 Å². The van der Waals surface area contributed by atoms with E-state index in [4.69, 9.17) is 23.2 Å². The third kappa shape index (κ3) is 2.27. The SMILES string of the molecule is N#Cc1cn(Cc2ccc(Cl)c(Cl)c2)c2ccccc12. The van der Waals surface area contributed by atoms with Crippen LogP contribution >= 0.6 is 23.2 Å².